The predicted octanol–water partition coefficient (Wildman–Crippen LogP) is 2.13. The van der Waals surface area contributed by atoms with Gasteiger partial charge < -0.3 is 25.8 Å². The molecule has 0 bridgehead atoms. The van der Waals surface area contributed by atoms with Crippen LogP contribution in [0.1, 0.15) is 44.2 Å². The molecular formula is C31H42N4O6. The number of rotatable bonds is 15. The van der Waals surface area contributed by atoms with Crippen LogP contribution in [0.3, 0.4) is 0 Å². The van der Waals surface area contributed by atoms with E-state index in [9.17, 15) is 24.3 Å². The number of aliphatic carboxylic acids is 1. The van der Waals surface area contributed by atoms with Gasteiger partial charge in [-0.3, -0.25) is 19.3 Å². The number of nitrogens with one attached hydrogen (secondary N) is 3. The first-order valence-corrected chi connectivity index (χ1v) is 14.2. The third-order valence-electron chi connectivity index (χ3n) is 6.80. The average Bonchev–Trinajstić information content (AvgIpc) is 2.97. The number of hydrogen-bond donors (Lipinski definition) is 4. The molecule has 0 spiro atoms. The Morgan fingerprint density at radius 2 is 1.59 bits per heavy atom. The number of carbonyl (C=O) groups excluding carboxylic acids is 3. The van der Waals surface area contributed by atoms with Gasteiger partial charge in [0.05, 0.1) is 19.8 Å². The second kappa shape index (κ2) is 15.9. The van der Waals surface area contributed by atoms with Crippen LogP contribution >= 0.6 is 0 Å². The van der Waals surface area contributed by atoms with Gasteiger partial charge in [0.25, 0.3) is 5.91 Å². The van der Waals surface area contributed by atoms with Crippen LogP contribution in [0.25, 0.3) is 0 Å². The highest BCUT2D eigenvalue weighted by molar-refractivity contribution is 5.97. The maximum absolute atomic E-state index is 14.0. The van der Waals surface area contributed by atoms with E-state index in [2.05, 4.69) is 10.6 Å². The van der Waals surface area contributed by atoms with Crippen molar-refractivity contribution in [2.45, 2.75) is 57.7 Å². The third kappa shape index (κ3) is 10.6. The minimum absolute atomic E-state index is 0.00951. The van der Waals surface area contributed by atoms with E-state index in [0.29, 0.717) is 50.0 Å². The van der Waals surface area contributed by atoms with Crippen LogP contribution in [0.15, 0.2) is 60.7 Å². The third-order valence-corrected chi connectivity index (χ3v) is 6.80. The lowest BCUT2D eigenvalue weighted by Crippen LogP contribution is -2.71. The lowest BCUT2D eigenvalue weighted by molar-refractivity contribution is -0.145. The van der Waals surface area contributed by atoms with Crippen LogP contribution in [-0.2, 0) is 36.8 Å². The molecule has 2 aromatic carbocycles. The van der Waals surface area contributed by atoms with E-state index in [1.54, 1.807) is 30.3 Å². The summed E-state index contributed by atoms with van der Waals surface area (Å²) in [5.41, 5.74) is -0.390. The Hall–Kier alpha value is -3.76. The molecule has 0 aromatic heterocycles. The molecule has 3 amide bonds. The Morgan fingerprint density at radius 3 is 2.17 bits per heavy atom. The molecule has 2 atom stereocenters. The molecule has 3 rings (SSSR count). The smallest absolute Gasteiger partial charge is 0.326 e. The molecule has 1 fully saturated rings. The summed E-state index contributed by atoms with van der Waals surface area (Å²) in [5.74, 6) is -3.61. The lowest BCUT2D eigenvalue weighted by Gasteiger charge is -2.37. The Morgan fingerprint density at radius 1 is 0.976 bits per heavy atom. The van der Waals surface area contributed by atoms with Gasteiger partial charge in [0.2, 0.25) is 11.8 Å². The second-order valence-electron chi connectivity index (χ2n) is 10.8. The summed E-state index contributed by atoms with van der Waals surface area (Å²) in [4.78, 5) is 54.9. The van der Waals surface area contributed by atoms with Gasteiger partial charge in [-0.1, -0.05) is 74.5 Å². The number of benzene rings is 2. The van der Waals surface area contributed by atoms with Crippen LogP contribution < -0.4 is 15.9 Å². The SMILES string of the molecule is [2H]N(C(=O)CCCc1ccccc1)[C@@](CC(C)C)(NC(=O)CN1CCOCC1)C(=O)N[C@@H](Cc1ccccc1)C(=O)O. The maximum Gasteiger partial charge on any atom is 0.326 e. The minimum Gasteiger partial charge on any atom is -0.480 e. The van der Waals surface area contributed by atoms with E-state index in [1.807, 2.05) is 49.1 Å². The first-order chi connectivity index (χ1) is 20.1. The molecule has 1 aliphatic heterocycles. The highest BCUT2D eigenvalue weighted by Gasteiger charge is 2.43. The number of carboxylic acids is 1. The van der Waals surface area contributed by atoms with Gasteiger partial charge in [-0.2, -0.15) is 0 Å². The van der Waals surface area contributed by atoms with E-state index in [4.69, 9.17) is 6.15 Å². The highest BCUT2D eigenvalue weighted by atomic mass is 16.5. The molecule has 4 N–H and O–H groups in total. The topological polar surface area (TPSA) is 137 Å². The van der Waals surface area contributed by atoms with Crippen LogP contribution in [0.2, 0.25) is 1.41 Å². The van der Waals surface area contributed by atoms with Crippen molar-refractivity contribution in [1.29, 1.82) is 0 Å². The van der Waals surface area contributed by atoms with Crippen molar-refractivity contribution in [2.24, 2.45) is 5.92 Å². The van der Waals surface area contributed by atoms with Crippen LogP contribution in [0, 0.1) is 5.92 Å². The van der Waals surface area contributed by atoms with Crippen molar-refractivity contribution < 1.29 is 30.4 Å². The summed E-state index contributed by atoms with van der Waals surface area (Å²) >= 11 is 0. The fourth-order valence-electron chi connectivity index (χ4n) is 4.83. The predicted molar refractivity (Wildman–Crippen MR) is 155 cm³/mol. The highest BCUT2D eigenvalue weighted by Crippen LogP contribution is 2.18. The molecule has 1 saturated heterocycles. The molecule has 2 aromatic rings. The van der Waals surface area contributed by atoms with Gasteiger partial charge in [-0.05, 0) is 29.9 Å². The van der Waals surface area contributed by atoms with Gasteiger partial charge in [0, 0.05) is 32.4 Å². The molecule has 0 radical (unpaired) electrons. The summed E-state index contributed by atoms with van der Waals surface area (Å²) in [6.07, 6.45) is 0.914. The Bertz CT molecular complexity index is 1180. The standard InChI is InChI=1S/C31H42N4O6/c1-23(2)21-31(34-28(37)22-35-16-18-41-19-17-35,33-27(36)15-9-14-24-10-5-3-6-11-24)30(40)32-26(29(38)39)20-25-12-7-4-8-13-25/h3-8,10-13,23,26H,9,14-22H2,1-2H3,(H,32,40)(H,33,36)(H,34,37)(H,38,39)/t26-,31-/m0/s1/i/hD. The van der Waals surface area contributed by atoms with Crippen molar-refractivity contribution in [2.75, 3.05) is 32.8 Å². The molecule has 1 heterocycles. The molecule has 0 unspecified atom stereocenters. The number of morpholine rings is 1. The van der Waals surface area contributed by atoms with Crippen molar-refractivity contribution in [3.8, 4) is 0 Å². The molecular weight excluding hydrogens is 524 g/mol. The molecule has 0 saturated carbocycles. The molecule has 0 aliphatic carbocycles. The van der Waals surface area contributed by atoms with E-state index in [1.165, 1.54) is 0 Å². The number of ether oxygens (including phenoxy) is 1. The van der Waals surface area contributed by atoms with Crippen LogP contribution in [-0.4, -0.2) is 78.3 Å². The van der Waals surface area contributed by atoms with Crippen molar-refractivity contribution in [3.63, 3.8) is 0 Å². The molecule has 222 valence electrons. The maximum atomic E-state index is 14.0. The summed E-state index contributed by atoms with van der Waals surface area (Å²) in [6.45, 7) is 5.55. The molecule has 10 nitrogen and oxygen atoms in total. The fraction of sp³-hybridized carbons (Fsp3) is 0.484. The number of hydrogen-bond acceptors (Lipinski definition) is 6. The van der Waals surface area contributed by atoms with Gasteiger partial charge in [-0.25, -0.2) is 4.79 Å². The van der Waals surface area contributed by atoms with E-state index >= 15 is 0 Å². The zero-order valence-corrected chi connectivity index (χ0v) is 23.9. The molecule has 41 heavy (non-hydrogen) atoms. The second-order valence-corrected chi connectivity index (χ2v) is 10.8. The minimum atomic E-state index is -2.12. The van der Waals surface area contributed by atoms with Gasteiger partial charge >= 0.3 is 5.97 Å². The van der Waals surface area contributed by atoms with Crippen LogP contribution in [0.5, 0.6) is 0 Å². The van der Waals surface area contributed by atoms with Gasteiger partial charge in [0.15, 0.2) is 7.07 Å². The van der Waals surface area contributed by atoms with E-state index in [0.717, 1.165) is 5.56 Å². The Kier molecular flexibility index (Phi) is 11.7. The quantitative estimate of drug-likeness (QED) is 0.242. The summed E-state index contributed by atoms with van der Waals surface area (Å²) in [7, 11) is 0. The Labute approximate surface area is 243 Å². The summed E-state index contributed by atoms with van der Waals surface area (Å²) in [5, 5.41) is 15.7. The van der Waals surface area contributed by atoms with E-state index < -0.39 is 35.4 Å². The summed E-state index contributed by atoms with van der Waals surface area (Å²) in [6, 6.07) is 17.1. The number of carboxylic acid groups (broad SMARTS) is 1. The van der Waals surface area contributed by atoms with Crippen LogP contribution in [0.4, 0.5) is 0 Å². The fourth-order valence-corrected chi connectivity index (χ4v) is 4.83. The number of amides is 3. The van der Waals surface area contributed by atoms with Crippen molar-refractivity contribution in [3.05, 3.63) is 71.8 Å². The average molecular weight is 568 g/mol. The Balaban J connectivity index is 1.87. The van der Waals surface area contributed by atoms with Crippen molar-refractivity contribution >= 4 is 23.7 Å². The normalized spacial score (nSPS) is 16.2. The van der Waals surface area contributed by atoms with E-state index in [-0.39, 0.29) is 31.7 Å². The van der Waals surface area contributed by atoms with Gasteiger partial charge in [0.1, 0.15) is 6.04 Å². The summed E-state index contributed by atoms with van der Waals surface area (Å²) < 4.78 is 14.3. The largest absolute Gasteiger partial charge is 0.480 e. The first kappa shape index (κ1) is 30.2. The first-order valence-electron chi connectivity index (χ1n) is 14.6. The van der Waals surface area contributed by atoms with Gasteiger partial charge in [-0.15, -0.1) is 0 Å². The number of aryl methyl sites for hydroxylation is 1. The molecule has 10 heteroatoms. The zero-order valence-electron chi connectivity index (χ0n) is 24.9. The number of nitrogens with zero attached hydrogens (tertiary/aromatic N) is 1. The monoisotopic (exact) mass is 567 g/mol. The lowest BCUT2D eigenvalue weighted by atomic mass is 9.94. The van der Waals surface area contributed by atoms with Crippen molar-refractivity contribution in [1.82, 2.24) is 20.8 Å². The molecule has 1 aliphatic rings. The zero-order chi connectivity index (χ0) is 30.5. The number of carbonyl (C=O) groups is 4.